The van der Waals surface area contributed by atoms with Gasteiger partial charge in [-0.2, -0.15) is 0 Å². The van der Waals surface area contributed by atoms with Crippen LogP contribution >= 0.6 is 0 Å². The molecule has 248 valence electrons. The fraction of sp³-hybridized carbons (Fsp3) is 0.476. The van der Waals surface area contributed by atoms with E-state index in [1.165, 1.54) is 55.7 Å². The van der Waals surface area contributed by atoms with E-state index in [9.17, 15) is 0 Å². The third-order valence-corrected chi connectivity index (χ3v) is 13.5. The molecule has 0 aromatic heterocycles. The van der Waals surface area contributed by atoms with Crippen molar-refractivity contribution in [1.82, 2.24) is 0 Å². The van der Waals surface area contributed by atoms with Crippen molar-refractivity contribution < 1.29 is 18.6 Å². The van der Waals surface area contributed by atoms with E-state index < -0.39 is 34.9 Å². The first-order valence-corrected chi connectivity index (χ1v) is 17.8. The number of hydrogen-bond acceptors (Lipinski definition) is 4. The van der Waals surface area contributed by atoms with Crippen LogP contribution in [0.2, 0.25) is 5.31 Å². The third-order valence-electron chi connectivity index (χ3n) is 13.5. The minimum atomic E-state index is -0.512. The normalized spacial score (nSPS) is 28.0. The molecule has 3 fully saturated rings. The van der Waals surface area contributed by atoms with Gasteiger partial charge < -0.3 is 18.6 Å². The zero-order chi connectivity index (χ0) is 34.4. The fourth-order valence-electron chi connectivity index (χ4n) is 8.58. The van der Waals surface area contributed by atoms with E-state index in [0.29, 0.717) is 0 Å². The summed E-state index contributed by atoms with van der Waals surface area (Å²) in [5.41, 5.74) is 12.1. The molecule has 6 heteroatoms. The van der Waals surface area contributed by atoms with Crippen LogP contribution in [-0.4, -0.2) is 36.6 Å². The number of benzene rings is 3. The molecule has 5 aliphatic rings. The van der Waals surface area contributed by atoms with E-state index in [1.807, 2.05) is 0 Å². The van der Waals surface area contributed by atoms with Gasteiger partial charge in [-0.15, -0.1) is 0 Å². The number of hydrogen-bond donors (Lipinski definition) is 0. The Balaban J connectivity index is 1.38. The summed E-state index contributed by atoms with van der Waals surface area (Å²) in [6.45, 7) is 26.1. The zero-order valence-electron chi connectivity index (χ0n) is 30.9. The molecule has 2 aliphatic heterocycles. The Bertz CT molecular complexity index is 1860. The summed E-state index contributed by atoms with van der Waals surface area (Å²) in [6.07, 6.45) is 5.80. The van der Waals surface area contributed by atoms with E-state index in [2.05, 4.69) is 150 Å². The van der Waals surface area contributed by atoms with Gasteiger partial charge in [0.05, 0.1) is 27.8 Å². The molecule has 0 radical (unpaired) electrons. The van der Waals surface area contributed by atoms with Crippen LogP contribution in [-0.2, 0) is 24.0 Å². The van der Waals surface area contributed by atoms with Crippen molar-refractivity contribution in [3.8, 4) is 0 Å². The lowest BCUT2D eigenvalue weighted by Gasteiger charge is -2.38. The van der Waals surface area contributed by atoms with Crippen LogP contribution in [0.4, 0.5) is 0 Å². The monoisotopic (exact) mass is 640 g/mol. The van der Waals surface area contributed by atoms with E-state index in [4.69, 9.17) is 18.6 Å². The molecular formula is C42H50B2O4. The molecule has 0 spiro atoms. The van der Waals surface area contributed by atoms with Crippen LogP contribution in [0.3, 0.4) is 0 Å². The van der Waals surface area contributed by atoms with Crippen molar-refractivity contribution >= 4 is 25.3 Å². The number of allylic oxidation sites excluding steroid dienone is 4. The zero-order valence-corrected chi connectivity index (χ0v) is 30.9. The molecule has 3 aliphatic carbocycles. The predicted octanol–water partition coefficient (Wildman–Crippen LogP) is 8.74. The van der Waals surface area contributed by atoms with Crippen molar-refractivity contribution in [2.45, 2.75) is 123 Å². The molecule has 3 aromatic carbocycles. The summed E-state index contributed by atoms with van der Waals surface area (Å²) in [7, 11) is -0.755. The summed E-state index contributed by atoms with van der Waals surface area (Å²) in [5.74, 6) is 0.267. The van der Waals surface area contributed by atoms with Crippen LogP contribution in [0.15, 0.2) is 72.3 Å². The summed E-state index contributed by atoms with van der Waals surface area (Å²) in [4.78, 5) is 0. The average Bonchev–Trinajstić information content (AvgIpc) is 3.54. The molecule has 2 saturated heterocycles. The van der Waals surface area contributed by atoms with E-state index in [-0.39, 0.29) is 18.4 Å². The van der Waals surface area contributed by atoms with Crippen LogP contribution in [0.25, 0.3) is 5.57 Å². The van der Waals surface area contributed by atoms with Gasteiger partial charge >= 0.3 is 14.2 Å². The minimum absolute atomic E-state index is 0.217. The van der Waals surface area contributed by atoms with Crippen molar-refractivity contribution in [3.05, 3.63) is 117 Å². The maximum Gasteiger partial charge on any atom is 0.494 e. The summed E-state index contributed by atoms with van der Waals surface area (Å²) in [6, 6.07) is 21.2. The quantitative estimate of drug-likeness (QED) is 0.268. The van der Waals surface area contributed by atoms with Gasteiger partial charge in [0.15, 0.2) is 0 Å². The maximum absolute atomic E-state index is 6.82. The molecule has 2 atom stereocenters. The first kappa shape index (κ1) is 32.3. The second-order valence-electron chi connectivity index (χ2n) is 17.4. The minimum Gasteiger partial charge on any atom is -0.403 e. The van der Waals surface area contributed by atoms with Gasteiger partial charge in [0, 0.05) is 5.31 Å². The Labute approximate surface area is 288 Å². The van der Waals surface area contributed by atoms with E-state index >= 15 is 0 Å². The van der Waals surface area contributed by atoms with Crippen LogP contribution in [0.1, 0.15) is 106 Å². The molecule has 0 N–H and O–H groups in total. The number of rotatable bonds is 4. The molecule has 3 aromatic rings. The lowest BCUT2D eigenvalue weighted by atomic mass is 9.59. The molecule has 48 heavy (non-hydrogen) atoms. The van der Waals surface area contributed by atoms with E-state index in [1.54, 1.807) is 0 Å². The van der Waals surface area contributed by atoms with Gasteiger partial charge in [0.2, 0.25) is 0 Å². The summed E-state index contributed by atoms with van der Waals surface area (Å²) in [5, 5.41) is -0.217. The van der Waals surface area contributed by atoms with Gasteiger partial charge in [-0.3, -0.25) is 0 Å². The molecule has 8 rings (SSSR count). The molecule has 4 nitrogen and oxygen atoms in total. The van der Waals surface area contributed by atoms with E-state index in [0.717, 1.165) is 11.9 Å². The average molecular weight is 640 g/mol. The first-order chi connectivity index (χ1) is 22.3. The molecule has 2 unspecified atom stereocenters. The Hall–Kier alpha value is -2.89. The summed E-state index contributed by atoms with van der Waals surface area (Å²) >= 11 is 0. The SMILES string of the molecule is Cc1ccc(C2(c3ccc(C)c(C)c3)C3=C(C=CC4(B5OC(C)(C)C(C)(C)O5)CC34)c3ccc(B4OC(C)(C)C(C)(C)O4)cc32)cc1C. The lowest BCUT2D eigenvalue weighted by Crippen LogP contribution is -2.41. The Morgan fingerprint density at radius 3 is 1.65 bits per heavy atom. The van der Waals surface area contributed by atoms with Crippen molar-refractivity contribution in [2.24, 2.45) is 5.92 Å². The second-order valence-corrected chi connectivity index (χ2v) is 17.4. The van der Waals surface area contributed by atoms with Crippen LogP contribution in [0.5, 0.6) is 0 Å². The van der Waals surface area contributed by atoms with Gasteiger partial charge in [-0.1, -0.05) is 66.7 Å². The highest BCUT2D eigenvalue weighted by Crippen LogP contribution is 2.76. The fourth-order valence-corrected chi connectivity index (χ4v) is 8.58. The topological polar surface area (TPSA) is 36.9 Å². The first-order valence-electron chi connectivity index (χ1n) is 17.8. The summed E-state index contributed by atoms with van der Waals surface area (Å²) < 4.78 is 26.9. The van der Waals surface area contributed by atoms with Crippen molar-refractivity contribution in [3.63, 3.8) is 0 Å². The third kappa shape index (κ3) is 4.19. The molecule has 0 amide bonds. The Morgan fingerprint density at radius 2 is 1.12 bits per heavy atom. The number of fused-ring (bicyclic) bond motifs is 4. The number of aryl methyl sites for hydroxylation is 4. The van der Waals surface area contributed by atoms with Gasteiger partial charge in [-0.25, -0.2) is 0 Å². The molecule has 1 saturated carbocycles. The Morgan fingerprint density at radius 1 is 0.604 bits per heavy atom. The highest BCUT2D eigenvalue weighted by atomic mass is 16.7. The van der Waals surface area contributed by atoms with Crippen LogP contribution in [0, 0.1) is 33.6 Å². The predicted molar refractivity (Wildman–Crippen MR) is 197 cm³/mol. The molecule has 0 bridgehead atoms. The van der Waals surface area contributed by atoms with Crippen molar-refractivity contribution in [2.75, 3.05) is 0 Å². The van der Waals surface area contributed by atoms with Gasteiger partial charge in [-0.05, 0) is 157 Å². The standard InChI is InChI=1S/C42H50B2O4/c1-25-13-15-29(21-27(25)3)42(30-16-14-26(2)28(4)22-30)34-23-31(43-45-37(5,6)38(7,8)46-43)17-18-32(34)33-19-20-41(24-35(41)36(33)42)44-47-39(9,10)40(11,12)48-44/h13-23,35H,24H2,1-12H3. The van der Waals surface area contributed by atoms with Crippen molar-refractivity contribution in [1.29, 1.82) is 0 Å². The highest BCUT2D eigenvalue weighted by molar-refractivity contribution is 6.62. The second kappa shape index (κ2) is 9.88. The molecular weight excluding hydrogens is 590 g/mol. The lowest BCUT2D eigenvalue weighted by molar-refractivity contribution is 0.00578. The van der Waals surface area contributed by atoms with Gasteiger partial charge in [0.1, 0.15) is 0 Å². The molecule has 2 heterocycles. The largest absolute Gasteiger partial charge is 0.494 e. The smallest absolute Gasteiger partial charge is 0.403 e. The van der Waals surface area contributed by atoms with Crippen LogP contribution < -0.4 is 5.46 Å². The van der Waals surface area contributed by atoms with Gasteiger partial charge in [0.25, 0.3) is 0 Å². The highest BCUT2D eigenvalue weighted by Gasteiger charge is 2.73. The Kier molecular flexibility index (Phi) is 6.65. The maximum atomic E-state index is 6.82.